The van der Waals surface area contributed by atoms with Crippen molar-refractivity contribution in [3.63, 3.8) is 0 Å². The smallest absolute Gasteiger partial charge is 0.342 e. The Bertz CT molecular complexity index is 1150. The summed E-state index contributed by atoms with van der Waals surface area (Å²) in [6.07, 6.45) is 4.30. The number of hydrogen-bond acceptors (Lipinski definition) is 4. The first-order valence-corrected chi connectivity index (χ1v) is 11.0. The van der Waals surface area contributed by atoms with E-state index in [0.717, 1.165) is 42.5 Å². The van der Waals surface area contributed by atoms with Crippen molar-refractivity contribution in [2.75, 3.05) is 5.32 Å². The minimum absolute atomic E-state index is 0.000750. The van der Waals surface area contributed by atoms with Gasteiger partial charge in [0.05, 0.1) is 11.4 Å². The molecular formula is C25H28N4O3. The molecule has 0 spiro atoms. The van der Waals surface area contributed by atoms with Gasteiger partial charge in [-0.25, -0.2) is 4.79 Å². The molecule has 7 nitrogen and oxygen atoms in total. The van der Waals surface area contributed by atoms with Gasteiger partial charge < -0.3 is 15.7 Å². The molecule has 1 saturated carbocycles. The lowest BCUT2D eigenvalue weighted by atomic mass is 10.0. The SMILES string of the molecule is CC(=O)Nc1ccc(-c2cc(C3CCCC3)n(C(=O)NCc3ccccc3C)n2)c(O)c1. The quantitative estimate of drug-likeness (QED) is 0.532. The van der Waals surface area contributed by atoms with E-state index in [1.165, 1.54) is 17.7 Å². The van der Waals surface area contributed by atoms with Crippen LogP contribution in [-0.2, 0) is 11.3 Å². The molecule has 1 fully saturated rings. The number of nitrogens with one attached hydrogen (secondary N) is 2. The Morgan fingerprint density at radius 1 is 1.12 bits per heavy atom. The van der Waals surface area contributed by atoms with Crippen molar-refractivity contribution in [1.29, 1.82) is 0 Å². The number of phenolic OH excluding ortho intramolecular Hbond substituents is 1. The van der Waals surface area contributed by atoms with Crippen LogP contribution in [0.1, 0.15) is 55.3 Å². The Hall–Kier alpha value is -3.61. The van der Waals surface area contributed by atoms with Crippen LogP contribution in [0.5, 0.6) is 5.75 Å². The first-order valence-electron chi connectivity index (χ1n) is 11.0. The number of aromatic hydroxyl groups is 1. The van der Waals surface area contributed by atoms with Gasteiger partial charge >= 0.3 is 6.03 Å². The van der Waals surface area contributed by atoms with Crippen molar-refractivity contribution >= 4 is 17.6 Å². The molecule has 2 aromatic carbocycles. The van der Waals surface area contributed by atoms with Crippen molar-refractivity contribution in [3.05, 3.63) is 65.4 Å². The number of rotatable bonds is 5. The highest BCUT2D eigenvalue weighted by Crippen LogP contribution is 2.37. The molecule has 2 amide bonds. The molecule has 1 aliphatic rings. The van der Waals surface area contributed by atoms with Crippen LogP contribution in [-0.4, -0.2) is 26.8 Å². The van der Waals surface area contributed by atoms with Crippen LogP contribution in [0.2, 0.25) is 0 Å². The standard InChI is InChI=1S/C25H28N4O3/c1-16-7-3-4-10-19(16)15-26-25(32)29-23(18-8-5-6-9-18)14-22(28-29)21-12-11-20(13-24(21)31)27-17(2)30/h3-4,7,10-14,18,31H,5-6,8-9,15H2,1-2H3,(H,26,32)(H,27,30). The fourth-order valence-corrected chi connectivity index (χ4v) is 4.29. The molecule has 0 saturated heterocycles. The minimum Gasteiger partial charge on any atom is -0.507 e. The van der Waals surface area contributed by atoms with Gasteiger partial charge in [0.25, 0.3) is 0 Å². The van der Waals surface area contributed by atoms with Crippen LogP contribution in [0.25, 0.3) is 11.3 Å². The monoisotopic (exact) mass is 432 g/mol. The second kappa shape index (κ2) is 9.26. The highest BCUT2D eigenvalue weighted by Gasteiger charge is 2.26. The predicted octanol–water partition coefficient (Wildman–Crippen LogP) is 4.94. The first-order chi connectivity index (χ1) is 15.4. The Balaban J connectivity index is 1.63. The van der Waals surface area contributed by atoms with Gasteiger partial charge in [0.1, 0.15) is 5.75 Å². The maximum Gasteiger partial charge on any atom is 0.342 e. The van der Waals surface area contributed by atoms with E-state index in [4.69, 9.17) is 0 Å². The fourth-order valence-electron chi connectivity index (χ4n) is 4.29. The first kappa shape index (κ1) is 21.6. The third-order valence-corrected chi connectivity index (χ3v) is 5.99. The minimum atomic E-state index is -0.282. The number of phenols is 1. The lowest BCUT2D eigenvalue weighted by Gasteiger charge is -2.13. The summed E-state index contributed by atoms with van der Waals surface area (Å²) in [6, 6.07) is 14.5. The Morgan fingerprint density at radius 2 is 1.88 bits per heavy atom. The number of nitrogens with zero attached hydrogens (tertiary/aromatic N) is 2. The predicted molar refractivity (Wildman–Crippen MR) is 124 cm³/mol. The van der Waals surface area contributed by atoms with Crippen LogP contribution in [0, 0.1) is 6.92 Å². The third kappa shape index (κ3) is 4.66. The van der Waals surface area contributed by atoms with Crippen LogP contribution >= 0.6 is 0 Å². The average Bonchev–Trinajstić information content (AvgIpc) is 3.42. The number of hydrogen-bond donors (Lipinski definition) is 3. The van der Waals surface area contributed by atoms with Gasteiger partial charge in [-0.2, -0.15) is 9.78 Å². The lowest BCUT2D eigenvalue weighted by molar-refractivity contribution is -0.114. The highest BCUT2D eigenvalue weighted by atomic mass is 16.3. The van der Waals surface area contributed by atoms with Gasteiger partial charge in [0.15, 0.2) is 0 Å². The summed E-state index contributed by atoms with van der Waals surface area (Å²) in [6.45, 7) is 3.85. The van der Waals surface area contributed by atoms with Crippen LogP contribution in [0.4, 0.5) is 10.5 Å². The summed E-state index contributed by atoms with van der Waals surface area (Å²) in [5.74, 6) is 0.0516. The molecule has 32 heavy (non-hydrogen) atoms. The zero-order valence-corrected chi connectivity index (χ0v) is 18.4. The Morgan fingerprint density at radius 3 is 2.56 bits per heavy atom. The molecule has 3 N–H and O–H groups in total. The van der Waals surface area contributed by atoms with E-state index < -0.39 is 0 Å². The van der Waals surface area contributed by atoms with E-state index in [9.17, 15) is 14.7 Å². The lowest BCUT2D eigenvalue weighted by Crippen LogP contribution is -2.31. The number of aryl methyl sites for hydroxylation is 1. The Labute approximate surface area is 187 Å². The van der Waals surface area contributed by atoms with Crippen molar-refractivity contribution in [3.8, 4) is 17.0 Å². The molecule has 3 aromatic rings. The van der Waals surface area contributed by atoms with Crippen LogP contribution in [0.15, 0.2) is 48.5 Å². The summed E-state index contributed by atoms with van der Waals surface area (Å²) in [7, 11) is 0. The molecule has 1 aliphatic carbocycles. The average molecular weight is 433 g/mol. The van der Waals surface area contributed by atoms with E-state index in [1.54, 1.807) is 12.1 Å². The number of carbonyl (C=O) groups excluding carboxylic acids is 2. The van der Waals surface area contributed by atoms with E-state index in [1.807, 2.05) is 37.3 Å². The normalized spacial score (nSPS) is 13.8. The van der Waals surface area contributed by atoms with Gasteiger partial charge in [-0.15, -0.1) is 0 Å². The van der Waals surface area contributed by atoms with E-state index in [2.05, 4.69) is 15.7 Å². The molecule has 7 heteroatoms. The summed E-state index contributed by atoms with van der Waals surface area (Å²) in [5.41, 5.74) is 4.60. The molecule has 0 aliphatic heterocycles. The second-order valence-corrected chi connectivity index (χ2v) is 8.35. The number of anilines is 1. The van der Waals surface area contributed by atoms with E-state index >= 15 is 0 Å². The topological polar surface area (TPSA) is 96.3 Å². The van der Waals surface area contributed by atoms with Gasteiger partial charge in [-0.3, -0.25) is 4.79 Å². The molecule has 1 heterocycles. The highest BCUT2D eigenvalue weighted by molar-refractivity contribution is 5.89. The Kier molecular flexibility index (Phi) is 6.25. The molecule has 4 rings (SSSR count). The zero-order valence-electron chi connectivity index (χ0n) is 18.4. The molecular weight excluding hydrogens is 404 g/mol. The van der Waals surface area contributed by atoms with Gasteiger partial charge in [0, 0.05) is 36.7 Å². The van der Waals surface area contributed by atoms with Crippen LogP contribution < -0.4 is 10.6 Å². The van der Waals surface area contributed by atoms with Crippen LogP contribution in [0.3, 0.4) is 0 Å². The zero-order chi connectivity index (χ0) is 22.7. The summed E-state index contributed by atoms with van der Waals surface area (Å²) in [5, 5.41) is 20.7. The van der Waals surface area contributed by atoms with Crippen molar-refractivity contribution < 1.29 is 14.7 Å². The number of amides is 2. The number of carbonyl (C=O) groups is 2. The molecule has 166 valence electrons. The maximum atomic E-state index is 13.1. The van der Waals surface area contributed by atoms with Gasteiger partial charge in [-0.05, 0) is 49.1 Å². The molecule has 0 radical (unpaired) electrons. The fraction of sp³-hybridized carbons (Fsp3) is 0.320. The van der Waals surface area contributed by atoms with Crippen molar-refractivity contribution in [1.82, 2.24) is 15.1 Å². The van der Waals surface area contributed by atoms with E-state index in [0.29, 0.717) is 23.5 Å². The summed E-state index contributed by atoms with van der Waals surface area (Å²) in [4.78, 5) is 24.4. The molecule has 1 aromatic heterocycles. The largest absolute Gasteiger partial charge is 0.507 e. The van der Waals surface area contributed by atoms with Crippen molar-refractivity contribution in [2.45, 2.75) is 52.0 Å². The third-order valence-electron chi connectivity index (χ3n) is 5.99. The molecule has 0 bridgehead atoms. The number of benzene rings is 2. The summed E-state index contributed by atoms with van der Waals surface area (Å²) < 4.78 is 1.45. The van der Waals surface area contributed by atoms with Gasteiger partial charge in [-0.1, -0.05) is 37.1 Å². The van der Waals surface area contributed by atoms with Crippen molar-refractivity contribution in [2.24, 2.45) is 0 Å². The summed E-state index contributed by atoms with van der Waals surface area (Å²) >= 11 is 0. The maximum absolute atomic E-state index is 13.1. The van der Waals surface area contributed by atoms with Gasteiger partial charge in [0.2, 0.25) is 5.91 Å². The molecule has 0 atom stereocenters. The second-order valence-electron chi connectivity index (χ2n) is 8.35. The van der Waals surface area contributed by atoms with E-state index in [-0.39, 0.29) is 23.6 Å². The molecule has 0 unspecified atom stereocenters. The number of aromatic nitrogens is 2.